The first kappa shape index (κ1) is 18.2. The van der Waals surface area contributed by atoms with Crippen LogP contribution in [0.15, 0.2) is 64.7 Å². The number of ether oxygens (including phenoxy) is 1. The van der Waals surface area contributed by atoms with Gasteiger partial charge in [0, 0.05) is 29.2 Å². The molecule has 2 aromatic rings. The van der Waals surface area contributed by atoms with Gasteiger partial charge in [-0.2, -0.15) is 0 Å². The molecule has 1 N–H and O–H groups in total. The van der Waals surface area contributed by atoms with Gasteiger partial charge in [0.25, 0.3) is 0 Å². The maximum atomic E-state index is 12.8. The van der Waals surface area contributed by atoms with E-state index in [1.54, 1.807) is 23.5 Å². The van der Waals surface area contributed by atoms with Gasteiger partial charge in [-0.1, -0.05) is 36.4 Å². The smallest absolute Gasteiger partial charge is 0.195 e. The number of nitrogens with zero attached hydrogens (tertiary/aromatic N) is 1. The average molecular weight is 381 g/mol. The zero-order valence-corrected chi connectivity index (χ0v) is 16.0. The second kappa shape index (κ2) is 8.21. The predicted molar refractivity (Wildman–Crippen MR) is 108 cm³/mol. The number of aliphatic hydroxyl groups excluding tert-OH is 1. The summed E-state index contributed by atoms with van der Waals surface area (Å²) in [5.41, 5.74) is 3.64. The van der Waals surface area contributed by atoms with Gasteiger partial charge in [0.05, 0.1) is 13.2 Å². The molecule has 1 aliphatic heterocycles. The van der Waals surface area contributed by atoms with E-state index in [-0.39, 0.29) is 5.78 Å². The summed E-state index contributed by atoms with van der Waals surface area (Å²) in [7, 11) is 0. The van der Waals surface area contributed by atoms with E-state index in [2.05, 4.69) is 22.4 Å². The zero-order chi connectivity index (χ0) is 18.6. The molecule has 0 radical (unpaired) electrons. The lowest BCUT2D eigenvalue weighted by Crippen LogP contribution is -2.37. The second-order valence-electron chi connectivity index (χ2n) is 6.79. The van der Waals surface area contributed by atoms with Gasteiger partial charge in [-0.3, -0.25) is 4.79 Å². The fraction of sp³-hybridized carbons (Fsp3) is 0.318. The lowest BCUT2D eigenvalue weighted by molar-refractivity contribution is 0.0533. The number of ketones is 1. The van der Waals surface area contributed by atoms with Gasteiger partial charge in [0.1, 0.15) is 6.10 Å². The Morgan fingerprint density at radius 3 is 2.59 bits per heavy atom. The molecule has 1 fully saturated rings. The van der Waals surface area contributed by atoms with E-state index in [1.807, 2.05) is 24.3 Å². The lowest BCUT2D eigenvalue weighted by atomic mass is 9.98. The zero-order valence-electron chi connectivity index (χ0n) is 15.1. The normalized spacial score (nSPS) is 20.3. The molecule has 5 heteroatoms. The molecule has 2 heterocycles. The standard InChI is InChI=1S/C22H23NO3S/c24-21(16-5-2-1-3-6-16)22(25)19-9-8-17(15-18-7-4-14-27-18)20(19)23-10-12-26-13-11-23/h1-7,14-15,22,25H,8-13H2/b17-15+. The molecule has 140 valence electrons. The number of benzene rings is 1. The Kier molecular flexibility index (Phi) is 5.53. The third-order valence-corrected chi connectivity index (χ3v) is 5.92. The molecule has 1 aliphatic carbocycles. The molecular formula is C22H23NO3S. The minimum Gasteiger partial charge on any atom is -0.380 e. The molecule has 1 aromatic heterocycles. The summed E-state index contributed by atoms with van der Waals surface area (Å²) in [5, 5.41) is 13.0. The van der Waals surface area contributed by atoms with E-state index in [1.165, 1.54) is 10.5 Å². The molecule has 27 heavy (non-hydrogen) atoms. The van der Waals surface area contributed by atoms with E-state index in [0.717, 1.165) is 30.8 Å². The first-order valence-corrected chi connectivity index (χ1v) is 10.2. The van der Waals surface area contributed by atoms with E-state index < -0.39 is 6.10 Å². The Morgan fingerprint density at radius 2 is 1.89 bits per heavy atom. The second-order valence-corrected chi connectivity index (χ2v) is 7.77. The van der Waals surface area contributed by atoms with Crippen LogP contribution in [0.3, 0.4) is 0 Å². The van der Waals surface area contributed by atoms with Gasteiger partial charge >= 0.3 is 0 Å². The van der Waals surface area contributed by atoms with Crippen molar-refractivity contribution in [1.82, 2.24) is 4.90 Å². The Balaban J connectivity index is 1.70. The van der Waals surface area contributed by atoms with Crippen LogP contribution in [-0.4, -0.2) is 48.2 Å². The molecule has 0 spiro atoms. The summed E-state index contributed by atoms with van der Waals surface area (Å²) in [6, 6.07) is 13.2. The molecule has 0 saturated carbocycles. The van der Waals surface area contributed by atoms with Crippen LogP contribution >= 0.6 is 11.3 Å². The molecule has 1 aromatic carbocycles. The average Bonchev–Trinajstić information content (AvgIpc) is 3.38. The largest absolute Gasteiger partial charge is 0.380 e. The highest BCUT2D eigenvalue weighted by atomic mass is 32.1. The summed E-state index contributed by atoms with van der Waals surface area (Å²) in [5.74, 6) is -0.228. The van der Waals surface area contributed by atoms with Gasteiger partial charge < -0.3 is 14.7 Å². The van der Waals surface area contributed by atoms with Crippen molar-refractivity contribution in [3.63, 3.8) is 0 Å². The van der Waals surface area contributed by atoms with Crippen molar-refractivity contribution in [3.05, 3.63) is 75.1 Å². The van der Waals surface area contributed by atoms with E-state index in [4.69, 9.17) is 4.74 Å². The van der Waals surface area contributed by atoms with Crippen LogP contribution < -0.4 is 0 Å². The van der Waals surface area contributed by atoms with Crippen LogP contribution in [0, 0.1) is 0 Å². The van der Waals surface area contributed by atoms with Crippen LogP contribution in [0.1, 0.15) is 28.1 Å². The van der Waals surface area contributed by atoms with Crippen LogP contribution in [-0.2, 0) is 4.74 Å². The fourth-order valence-corrected chi connectivity index (χ4v) is 4.46. The van der Waals surface area contributed by atoms with Crippen molar-refractivity contribution in [2.75, 3.05) is 26.3 Å². The van der Waals surface area contributed by atoms with Gasteiger partial charge in [-0.15, -0.1) is 11.3 Å². The highest BCUT2D eigenvalue weighted by molar-refractivity contribution is 7.10. The summed E-state index contributed by atoms with van der Waals surface area (Å²) < 4.78 is 5.50. The number of morpholine rings is 1. The van der Waals surface area contributed by atoms with Crippen molar-refractivity contribution in [2.45, 2.75) is 18.9 Å². The monoisotopic (exact) mass is 381 g/mol. The highest BCUT2D eigenvalue weighted by Gasteiger charge is 2.33. The van der Waals surface area contributed by atoms with Gasteiger partial charge in [-0.25, -0.2) is 0 Å². The van der Waals surface area contributed by atoms with Gasteiger partial charge in [0.2, 0.25) is 0 Å². The van der Waals surface area contributed by atoms with E-state index in [0.29, 0.717) is 25.2 Å². The van der Waals surface area contributed by atoms with Crippen LogP contribution in [0.2, 0.25) is 0 Å². The van der Waals surface area contributed by atoms with Crippen molar-refractivity contribution in [2.24, 2.45) is 0 Å². The number of Topliss-reactive ketones (excluding diaryl/α,β-unsaturated/α-hetero) is 1. The predicted octanol–water partition coefficient (Wildman–Crippen LogP) is 3.76. The maximum Gasteiger partial charge on any atom is 0.195 e. The van der Waals surface area contributed by atoms with E-state index >= 15 is 0 Å². The highest BCUT2D eigenvalue weighted by Crippen LogP contribution is 2.38. The minimum absolute atomic E-state index is 0.228. The number of aliphatic hydroxyl groups is 1. The van der Waals surface area contributed by atoms with Crippen LogP contribution in [0.4, 0.5) is 0 Å². The van der Waals surface area contributed by atoms with Crippen LogP contribution in [0.25, 0.3) is 6.08 Å². The number of allylic oxidation sites excluding steroid dienone is 1. The summed E-state index contributed by atoms with van der Waals surface area (Å²) in [6.07, 6.45) is 2.66. The summed E-state index contributed by atoms with van der Waals surface area (Å²) in [4.78, 5) is 16.3. The Hall–Kier alpha value is -2.21. The summed E-state index contributed by atoms with van der Waals surface area (Å²) >= 11 is 1.70. The van der Waals surface area contributed by atoms with Crippen molar-refractivity contribution in [1.29, 1.82) is 0 Å². The molecule has 1 saturated heterocycles. The molecule has 2 aliphatic rings. The summed E-state index contributed by atoms with van der Waals surface area (Å²) in [6.45, 7) is 2.91. The van der Waals surface area contributed by atoms with Crippen molar-refractivity contribution >= 4 is 23.2 Å². The third kappa shape index (κ3) is 3.90. The first-order valence-electron chi connectivity index (χ1n) is 9.31. The number of thiophene rings is 1. The van der Waals surface area contributed by atoms with E-state index in [9.17, 15) is 9.90 Å². The molecule has 1 unspecified atom stereocenters. The number of hydrogen-bond acceptors (Lipinski definition) is 5. The van der Waals surface area contributed by atoms with Crippen LogP contribution in [0.5, 0.6) is 0 Å². The Labute approximate surface area is 163 Å². The SMILES string of the molecule is O=C(c1ccccc1)C(O)C1=C(N2CCOCC2)/C(=C/c2cccs2)CC1. The van der Waals surface area contributed by atoms with Crippen molar-refractivity contribution < 1.29 is 14.6 Å². The number of rotatable bonds is 5. The number of hydrogen-bond donors (Lipinski definition) is 1. The molecular weight excluding hydrogens is 358 g/mol. The van der Waals surface area contributed by atoms with Crippen molar-refractivity contribution in [3.8, 4) is 0 Å². The quantitative estimate of drug-likeness (QED) is 0.802. The minimum atomic E-state index is -1.10. The maximum absolute atomic E-state index is 12.8. The Bertz CT molecular complexity index is 849. The molecule has 1 atom stereocenters. The molecule has 0 bridgehead atoms. The molecule has 4 rings (SSSR count). The third-order valence-electron chi connectivity index (χ3n) is 5.10. The van der Waals surface area contributed by atoms with Gasteiger partial charge in [-0.05, 0) is 41.5 Å². The fourth-order valence-electron chi connectivity index (χ4n) is 3.78. The van der Waals surface area contributed by atoms with Gasteiger partial charge in [0.15, 0.2) is 5.78 Å². The first-order chi connectivity index (χ1) is 13.2. The molecule has 4 nitrogen and oxygen atoms in total. The number of carbonyl (C=O) groups is 1. The topological polar surface area (TPSA) is 49.8 Å². The lowest BCUT2D eigenvalue weighted by Gasteiger charge is -2.32. The molecule has 0 amide bonds. The Morgan fingerprint density at radius 1 is 1.11 bits per heavy atom. The number of carbonyl (C=O) groups excluding carboxylic acids is 1.